The number of halogens is 2. The van der Waals surface area contributed by atoms with Gasteiger partial charge in [0.1, 0.15) is 13.2 Å². The molecule has 0 bridgehead atoms. The third-order valence-corrected chi connectivity index (χ3v) is 3.00. The summed E-state index contributed by atoms with van der Waals surface area (Å²) >= 11 is 11.5. The fourth-order valence-electron chi connectivity index (χ4n) is 1.04. The van der Waals surface area contributed by atoms with E-state index in [1.54, 1.807) is 6.92 Å². The Kier molecular flexibility index (Phi) is 6.16. The third-order valence-electron chi connectivity index (χ3n) is 2.06. The highest BCUT2D eigenvalue weighted by Gasteiger charge is 2.14. The van der Waals surface area contributed by atoms with Crippen LogP contribution in [0.5, 0.6) is 0 Å². The van der Waals surface area contributed by atoms with E-state index in [4.69, 9.17) is 32.7 Å². The van der Waals surface area contributed by atoms with E-state index in [-0.39, 0.29) is 18.6 Å². The van der Waals surface area contributed by atoms with Gasteiger partial charge in [0.25, 0.3) is 0 Å². The van der Waals surface area contributed by atoms with E-state index < -0.39 is 11.5 Å². The van der Waals surface area contributed by atoms with Crippen LogP contribution in [0.25, 0.3) is 0 Å². The molecule has 5 heteroatoms. The maximum absolute atomic E-state index is 11.2. The number of carbonyl (C=O) groups excluding carboxylic acids is 1. The minimum Gasteiger partial charge on any atom is -0.433 e. The predicted molar refractivity (Wildman–Crippen MR) is 67.5 cm³/mol. The fourth-order valence-corrected chi connectivity index (χ4v) is 1.17. The standard InChI is InChI=1S/C12H14Cl2O3/c1-9(13)11(14)8-17-12(15)16-7-10-5-3-2-4-6-10/h2-6,9,11H,7-8H2,1H3. The van der Waals surface area contributed by atoms with Crippen molar-refractivity contribution in [3.8, 4) is 0 Å². The Morgan fingerprint density at radius 3 is 2.47 bits per heavy atom. The minimum absolute atomic E-state index is 0.0415. The second-order valence-corrected chi connectivity index (χ2v) is 4.78. The molecular weight excluding hydrogens is 263 g/mol. The first kappa shape index (κ1) is 14.1. The molecule has 0 aliphatic heterocycles. The molecule has 1 aromatic carbocycles. The molecule has 0 fully saturated rings. The minimum atomic E-state index is -0.739. The van der Waals surface area contributed by atoms with Gasteiger partial charge in [-0.15, -0.1) is 23.2 Å². The van der Waals surface area contributed by atoms with E-state index in [0.29, 0.717) is 0 Å². The molecular formula is C12H14Cl2O3. The van der Waals surface area contributed by atoms with Gasteiger partial charge in [-0.05, 0) is 12.5 Å². The van der Waals surface area contributed by atoms with E-state index in [9.17, 15) is 4.79 Å². The second kappa shape index (κ2) is 7.41. The first-order chi connectivity index (χ1) is 8.09. The van der Waals surface area contributed by atoms with Crippen molar-refractivity contribution in [1.82, 2.24) is 0 Å². The van der Waals surface area contributed by atoms with Crippen molar-refractivity contribution < 1.29 is 14.3 Å². The molecule has 2 unspecified atom stereocenters. The Morgan fingerprint density at radius 2 is 1.88 bits per heavy atom. The molecule has 0 aliphatic carbocycles. The first-order valence-corrected chi connectivity index (χ1v) is 6.08. The smallest absolute Gasteiger partial charge is 0.433 e. The van der Waals surface area contributed by atoms with Crippen LogP contribution in [0.1, 0.15) is 12.5 Å². The van der Waals surface area contributed by atoms with E-state index in [1.165, 1.54) is 0 Å². The van der Waals surface area contributed by atoms with Crippen LogP contribution in [0, 0.1) is 0 Å². The van der Waals surface area contributed by atoms with Crippen LogP contribution < -0.4 is 0 Å². The van der Waals surface area contributed by atoms with Crippen LogP contribution >= 0.6 is 23.2 Å². The molecule has 1 aromatic rings. The summed E-state index contributed by atoms with van der Waals surface area (Å²) in [6.07, 6.45) is -0.739. The molecule has 0 saturated carbocycles. The van der Waals surface area contributed by atoms with Gasteiger partial charge < -0.3 is 9.47 Å². The highest BCUT2D eigenvalue weighted by atomic mass is 35.5. The number of hydrogen-bond donors (Lipinski definition) is 0. The Labute approximate surface area is 111 Å². The molecule has 0 N–H and O–H groups in total. The molecule has 0 saturated heterocycles. The van der Waals surface area contributed by atoms with Gasteiger partial charge in [0.05, 0.1) is 10.8 Å². The first-order valence-electron chi connectivity index (χ1n) is 5.21. The number of hydrogen-bond acceptors (Lipinski definition) is 3. The molecule has 94 valence electrons. The summed E-state index contributed by atoms with van der Waals surface area (Å²) in [5.74, 6) is 0. The molecule has 0 aliphatic rings. The van der Waals surface area contributed by atoms with Gasteiger partial charge in [-0.2, -0.15) is 0 Å². The number of carbonyl (C=O) groups is 1. The monoisotopic (exact) mass is 276 g/mol. The largest absolute Gasteiger partial charge is 0.508 e. The number of rotatable bonds is 5. The molecule has 17 heavy (non-hydrogen) atoms. The van der Waals surface area contributed by atoms with Gasteiger partial charge in [0.15, 0.2) is 0 Å². The molecule has 0 radical (unpaired) electrons. The lowest BCUT2D eigenvalue weighted by Crippen LogP contribution is -2.21. The van der Waals surface area contributed by atoms with Crippen LogP contribution in [-0.2, 0) is 16.1 Å². The highest BCUT2D eigenvalue weighted by molar-refractivity contribution is 6.29. The molecule has 0 aromatic heterocycles. The fraction of sp³-hybridized carbons (Fsp3) is 0.417. The molecule has 2 atom stereocenters. The van der Waals surface area contributed by atoms with Crippen molar-refractivity contribution in [3.63, 3.8) is 0 Å². The van der Waals surface area contributed by atoms with Gasteiger partial charge in [-0.1, -0.05) is 30.3 Å². The van der Waals surface area contributed by atoms with Crippen LogP contribution in [0.3, 0.4) is 0 Å². The van der Waals surface area contributed by atoms with Gasteiger partial charge in [0.2, 0.25) is 0 Å². The zero-order valence-electron chi connectivity index (χ0n) is 9.44. The van der Waals surface area contributed by atoms with Crippen LogP contribution in [0.4, 0.5) is 4.79 Å². The maximum Gasteiger partial charge on any atom is 0.508 e. The maximum atomic E-state index is 11.2. The highest BCUT2D eigenvalue weighted by Crippen LogP contribution is 2.10. The van der Waals surface area contributed by atoms with E-state index >= 15 is 0 Å². The van der Waals surface area contributed by atoms with Crippen molar-refractivity contribution in [2.75, 3.05) is 6.61 Å². The molecule has 3 nitrogen and oxygen atoms in total. The van der Waals surface area contributed by atoms with Crippen molar-refractivity contribution in [3.05, 3.63) is 35.9 Å². The summed E-state index contributed by atoms with van der Waals surface area (Å²) in [4.78, 5) is 11.2. The summed E-state index contributed by atoms with van der Waals surface area (Å²) < 4.78 is 9.70. The average Bonchev–Trinajstić information content (AvgIpc) is 2.34. The van der Waals surface area contributed by atoms with Crippen LogP contribution in [0.2, 0.25) is 0 Å². The van der Waals surface area contributed by atoms with Gasteiger partial charge in [0, 0.05) is 0 Å². The number of alkyl halides is 2. The average molecular weight is 277 g/mol. The Morgan fingerprint density at radius 1 is 1.24 bits per heavy atom. The topological polar surface area (TPSA) is 35.5 Å². The SMILES string of the molecule is CC(Cl)C(Cl)COC(=O)OCc1ccccc1. The summed E-state index contributed by atoms with van der Waals surface area (Å²) in [6.45, 7) is 1.96. The van der Waals surface area contributed by atoms with Gasteiger partial charge >= 0.3 is 6.16 Å². The number of ether oxygens (including phenoxy) is 2. The van der Waals surface area contributed by atoms with E-state index in [2.05, 4.69) is 0 Å². The Bertz CT molecular complexity index is 341. The third kappa shape index (κ3) is 5.80. The summed E-state index contributed by atoms with van der Waals surface area (Å²) in [5, 5.41) is -0.681. The number of benzene rings is 1. The van der Waals surface area contributed by atoms with E-state index in [0.717, 1.165) is 5.56 Å². The van der Waals surface area contributed by atoms with Crippen LogP contribution in [-0.4, -0.2) is 23.5 Å². The molecule has 0 spiro atoms. The normalized spacial score (nSPS) is 13.8. The van der Waals surface area contributed by atoms with Crippen LogP contribution in [0.15, 0.2) is 30.3 Å². The molecule has 0 heterocycles. The summed E-state index contributed by atoms with van der Waals surface area (Å²) in [6, 6.07) is 9.35. The zero-order valence-corrected chi connectivity index (χ0v) is 10.9. The van der Waals surface area contributed by atoms with Crippen molar-refractivity contribution >= 4 is 29.4 Å². The molecule has 0 amide bonds. The summed E-state index contributed by atoms with van der Waals surface area (Å²) in [7, 11) is 0. The lowest BCUT2D eigenvalue weighted by Gasteiger charge is -2.11. The summed E-state index contributed by atoms with van der Waals surface area (Å²) in [5.41, 5.74) is 0.901. The van der Waals surface area contributed by atoms with Gasteiger partial charge in [-0.3, -0.25) is 0 Å². The van der Waals surface area contributed by atoms with Gasteiger partial charge in [-0.25, -0.2) is 4.79 Å². The van der Waals surface area contributed by atoms with E-state index in [1.807, 2.05) is 30.3 Å². The Hall–Kier alpha value is -0.930. The second-order valence-electron chi connectivity index (χ2n) is 3.53. The molecule has 1 rings (SSSR count). The van der Waals surface area contributed by atoms with Crippen molar-refractivity contribution in [2.45, 2.75) is 24.3 Å². The predicted octanol–water partition coefficient (Wildman–Crippen LogP) is 3.57. The van der Waals surface area contributed by atoms with Crippen molar-refractivity contribution in [2.24, 2.45) is 0 Å². The lowest BCUT2D eigenvalue weighted by molar-refractivity contribution is 0.0499. The lowest BCUT2D eigenvalue weighted by atomic mass is 10.2. The zero-order chi connectivity index (χ0) is 12.7. The quantitative estimate of drug-likeness (QED) is 0.609. The Balaban J connectivity index is 2.22. The van der Waals surface area contributed by atoms with Crippen molar-refractivity contribution in [1.29, 1.82) is 0 Å².